The molecular weight excluding hydrogens is 432 g/mol. The van der Waals surface area contributed by atoms with Gasteiger partial charge in [0.15, 0.2) is 0 Å². The molecular formula is C24H19F2N3O2S. The Bertz CT molecular complexity index is 1180. The lowest BCUT2D eigenvalue weighted by Gasteiger charge is -2.13. The number of carbonyl (C=O) groups is 1. The lowest BCUT2D eigenvalue weighted by atomic mass is 10.0. The largest absolute Gasteiger partial charge is 0.435 e. The zero-order chi connectivity index (χ0) is 22.3. The zero-order valence-corrected chi connectivity index (χ0v) is 17.7. The number of pyridine rings is 1. The highest BCUT2D eigenvalue weighted by Gasteiger charge is 2.14. The number of amides is 1. The van der Waals surface area contributed by atoms with Gasteiger partial charge in [0.2, 0.25) is 5.91 Å². The number of hydrogen-bond acceptors (Lipinski definition) is 5. The summed E-state index contributed by atoms with van der Waals surface area (Å²) in [6.45, 7) is -2.93. The highest BCUT2D eigenvalue weighted by atomic mass is 32.1. The Hall–Kier alpha value is -3.65. The van der Waals surface area contributed by atoms with Crippen LogP contribution in [-0.2, 0) is 17.6 Å². The molecule has 5 nitrogen and oxygen atoms in total. The molecule has 4 rings (SSSR count). The number of rotatable bonds is 8. The summed E-state index contributed by atoms with van der Waals surface area (Å²) in [5, 5.41) is 5.44. The molecule has 0 aliphatic carbocycles. The number of nitrogens with zero attached hydrogens (tertiary/aromatic N) is 2. The van der Waals surface area contributed by atoms with Gasteiger partial charge in [0.05, 0.1) is 12.1 Å². The summed E-state index contributed by atoms with van der Waals surface area (Å²) >= 11 is 1.44. The van der Waals surface area contributed by atoms with E-state index in [1.165, 1.54) is 17.4 Å². The lowest BCUT2D eigenvalue weighted by molar-refractivity contribution is -0.115. The molecule has 0 spiro atoms. The first kappa shape index (κ1) is 21.6. The van der Waals surface area contributed by atoms with Gasteiger partial charge in [-0.25, -0.2) is 4.98 Å². The van der Waals surface area contributed by atoms with E-state index < -0.39 is 6.61 Å². The van der Waals surface area contributed by atoms with E-state index in [4.69, 9.17) is 0 Å². The molecule has 0 aliphatic heterocycles. The van der Waals surface area contributed by atoms with Crippen LogP contribution in [0.25, 0.3) is 10.6 Å². The topological polar surface area (TPSA) is 64.1 Å². The van der Waals surface area contributed by atoms with E-state index in [1.807, 2.05) is 47.8 Å². The van der Waals surface area contributed by atoms with Crippen LogP contribution >= 0.6 is 11.3 Å². The third-order valence-corrected chi connectivity index (χ3v) is 5.54. The second kappa shape index (κ2) is 10.1. The molecule has 4 aromatic rings. The SMILES string of the molecule is O=C(Cc1csc(-c2cccnc2)n1)Nc1ccc(OC(F)F)c(Cc2ccccc2)c1. The first-order chi connectivity index (χ1) is 15.6. The average molecular weight is 451 g/mol. The smallest absolute Gasteiger partial charge is 0.387 e. The fourth-order valence-corrected chi connectivity index (χ4v) is 4.01. The van der Waals surface area contributed by atoms with Crippen molar-refractivity contribution in [2.75, 3.05) is 5.32 Å². The van der Waals surface area contributed by atoms with E-state index in [1.54, 1.807) is 24.5 Å². The summed E-state index contributed by atoms with van der Waals surface area (Å²) < 4.78 is 30.3. The maximum atomic E-state index is 12.8. The second-order valence-electron chi connectivity index (χ2n) is 6.97. The van der Waals surface area contributed by atoms with Gasteiger partial charge in [0.25, 0.3) is 0 Å². The Morgan fingerprint density at radius 2 is 1.94 bits per heavy atom. The van der Waals surface area contributed by atoms with Crippen molar-refractivity contribution in [1.29, 1.82) is 0 Å². The molecule has 0 aliphatic rings. The van der Waals surface area contributed by atoms with Gasteiger partial charge in [-0.2, -0.15) is 8.78 Å². The molecule has 0 radical (unpaired) electrons. The summed E-state index contributed by atoms with van der Waals surface area (Å²) in [6, 6.07) is 17.8. The van der Waals surface area contributed by atoms with Crippen LogP contribution in [0.2, 0.25) is 0 Å². The van der Waals surface area contributed by atoms with Crippen molar-refractivity contribution < 1.29 is 18.3 Å². The van der Waals surface area contributed by atoms with Crippen LogP contribution in [0.1, 0.15) is 16.8 Å². The first-order valence-corrected chi connectivity index (χ1v) is 10.7. The summed E-state index contributed by atoms with van der Waals surface area (Å²) in [7, 11) is 0. The van der Waals surface area contributed by atoms with E-state index >= 15 is 0 Å². The van der Waals surface area contributed by atoms with Crippen LogP contribution in [0, 0.1) is 0 Å². The minimum atomic E-state index is -2.93. The molecule has 0 fully saturated rings. The molecule has 1 N–H and O–H groups in total. The minimum absolute atomic E-state index is 0.0856. The maximum Gasteiger partial charge on any atom is 0.387 e. The fraction of sp³-hybridized carbons (Fsp3) is 0.125. The van der Waals surface area contributed by atoms with Crippen LogP contribution in [-0.4, -0.2) is 22.5 Å². The summed E-state index contributed by atoms with van der Waals surface area (Å²) in [4.78, 5) is 21.1. The first-order valence-electron chi connectivity index (χ1n) is 9.83. The van der Waals surface area contributed by atoms with Gasteiger partial charge in [0.1, 0.15) is 10.8 Å². The van der Waals surface area contributed by atoms with Crippen molar-refractivity contribution in [3.05, 3.63) is 95.3 Å². The molecule has 8 heteroatoms. The average Bonchev–Trinajstić information content (AvgIpc) is 3.25. The molecule has 0 saturated heterocycles. The van der Waals surface area contributed by atoms with Crippen molar-refractivity contribution in [3.63, 3.8) is 0 Å². The van der Waals surface area contributed by atoms with Crippen LogP contribution in [0.5, 0.6) is 5.75 Å². The van der Waals surface area contributed by atoms with Crippen molar-refractivity contribution in [2.24, 2.45) is 0 Å². The number of hydrogen-bond donors (Lipinski definition) is 1. The van der Waals surface area contributed by atoms with Gasteiger partial charge < -0.3 is 10.1 Å². The summed E-state index contributed by atoms with van der Waals surface area (Å²) in [5.74, 6) is -0.163. The van der Waals surface area contributed by atoms with Crippen LogP contribution in [0.4, 0.5) is 14.5 Å². The monoisotopic (exact) mass is 451 g/mol. The Labute approximate surface area is 187 Å². The third-order valence-electron chi connectivity index (χ3n) is 4.60. The molecule has 0 bridgehead atoms. The van der Waals surface area contributed by atoms with Crippen LogP contribution in [0.15, 0.2) is 78.4 Å². The van der Waals surface area contributed by atoms with E-state index in [0.29, 0.717) is 23.4 Å². The Morgan fingerprint density at radius 1 is 1.09 bits per heavy atom. The summed E-state index contributed by atoms with van der Waals surface area (Å²) in [6.07, 6.45) is 3.91. The van der Waals surface area contributed by atoms with Gasteiger partial charge >= 0.3 is 6.61 Å². The van der Waals surface area contributed by atoms with E-state index in [9.17, 15) is 13.6 Å². The Morgan fingerprint density at radius 3 is 2.69 bits per heavy atom. The number of thiazole rings is 1. The molecule has 32 heavy (non-hydrogen) atoms. The van der Waals surface area contributed by atoms with Gasteiger partial charge in [-0.05, 0) is 35.9 Å². The number of ether oxygens (including phenoxy) is 1. The summed E-state index contributed by atoms with van der Waals surface area (Å²) in [5.41, 5.74) is 3.55. The van der Waals surface area contributed by atoms with Crippen molar-refractivity contribution >= 4 is 22.9 Å². The van der Waals surface area contributed by atoms with Crippen molar-refractivity contribution in [2.45, 2.75) is 19.5 Å². The van der Waals surface area contributed by atoms with Gasteiger partial charge in [-0.15, -0.1) is 11.3 Å². The van der Waals surface area contributed by atoms with Gasteiger partial charge in [-0.3, -0.25) is 9.78 Å². The highest BCUT2D eigenvalue weighted by Crippen LogP contribution is 2.27. The molecule has 0 unspecified atom stereocenters. The second-order valence-corrected chi connectivity index (χ2v) is 7.83. The van der Waals surface area contributed by atoms with Crippen LogP contribution < -0.4 is 10.1 Å². The maximum absolute atomic E-state index is 12.8. The normalized spacial score (nSPS) is 10.8. The molecule has 2 heterocycles. The molecule has 2 aromatic carbocycles. The fourth-order valence-electron chi connectivity index (χ4n) is 3.20. The van der Waals surface area contributed by atoms with Gasteiger partial charge in [0, 0.05) is 41.0 Å². The van der Waals surface area contributed by atoms with E-state index in [0.717, 1.165) is 16.1 Å². The van der Waals surface area contributed by atoms with Crippen molar-refractivity contribution in [1.82, 2.24) is 9.97 Å². The molecule has 0 saturated carbocycles. The standard InChI is InChI=1S/C24H19F2N3O2S/c25-24(26)31-21-9-8-19(12-18(21)11-16-5-2-1-3-6-16)28-22(30)13-20-15-32-23(29-20)17-7-4-10-27-14-17/h1-10,12,14-15,24H,11,13H2,(H,28,30). The number of benzene rings is 2. The minimum Gasteiger partial charge on any atom is -0.435 e. The highest BCUT2D eigenvalue weighted by molar-refractivity contribution is 7.13. The third kappa shape index (κ3) is 5.73. The van der Waals surface area contributed by atoms with Crippen molar-refractivity contribution in [3.8, 4) is 16.3 Å². The van der Waals surface area contributed by atoms with Gasteiger partial charge in [-0.1, -0.05) is 30.3 Å². The number of anilines is 1. The molecule has 0 atom stereocenters. The van der Waals surface area contributed by atoms with Crippen LogP contribution in [0.3, 0.4) is 0 Å². The Kier molecular flexibility index (Phi) is 6.81. The predicted octanol–water partition coefficient (Wildman–Crippen LogP) is 5.58. The molecule has 2 aromatic heterocycles. The number of halogens is 2. The number of carbonyl (C=O) groups excluding carboxylic acids is 1. The van der Waals surface area contributed by atoms with E-state index in [-0.39, 0.29) is 18.1 Å². The quantitative estimate of drug-likeness (QED) is 0.380. The predicted molar refractivity (Wildman–Crippen MR) is 120 cm³/mol. The molecule has 1 amide bonds. The Balaban J connectivity index is 1.47. The number of alkyl halides is 2. The molecule has 162 valence electrons. The number of nitrogens with one attached hydrogen (secondary N) is 1. The zero-order valence-electron chi connectivity index (χ0n) is 16.9. The van der Waals surface area contributed by atoms with E-state index in [2.05, 4.69) is 20.0 Å². The number of aromatic nitrogens is 2. The lowest BCUT2D eigenvalue weighted by Crippen LogP contribution is -2.15.